The predicted octanol–water partition coefficient (Wildman–Crippen LogP) is 3.23. The fraction of sp³-hybridized carbons (Fsp3) is 0.667. The zero-order valence-corrected chi connectivity index (χ0v) is 16.3. The van der Waals surface area contributed by atoms with Gasteiger partial charge in [0.15, 0.2) is 5.96 Å². The third-order valence-electron chi connectivity index (χ3n) is 4.12. The maximum absolute atomic E-state index is 5.49. The second-order valence-electron chi connectivity index (χ2n) is 5.81. The summed E-state index contributed by atoms with van der Waals surface area (Å²) in [5.41, 5.74) is 1.41. The van der Waals surface area contributed by atoms with E-state index < -0.39 is 0 Å². The molecule has 1 heterocycles. The number of rotatable bonds is 5. The van der Waals surface area contributed by atoms with Crippen LogP contribution in [0.5, 0.6) is 0 Å². The second kappa shape index (κ2) is 8.33. The van der Waals surface area contributed by atoms with Gasteiger partial charge in [0.25, 0.3) is 0 Å². The highest BCUT2D eigenvalue weighted by Gasteiger charge is 2.48. The first-order valence-electron chi connectivity index (χ1n) is 7.16. The van der Waals surface area contributed by atoms with Crippen LogP contribution < -0.4 is 10.6 Å². The summed E-state index contributed by atoms with van der Waals surface area (Å²) in [5, 5.41) is 11.1. The molecule has 0 spiro atoms. The van der Waals surface area contributed by atoms with Crippen molar-refractivity contribution >= 4 is 41.3 Å². The zero-order chi connectivity index (χ0) is 14.6. The highest BCUT2D eigenvalue weighted by Crippen LogP contribution is 2.42. The molecule has 1 saturated carbocycles. The van der Waals surface area contributed by atoms with Gasteiger partial charge in [-0.15, -0.1) is 24.0 Å². The molecular weight excluding hydrogens is 397 g/mol. The fourth-order valence-corrected chi connectivity index (χ4v) is 3.23. The summed E-state index contributed by atoms with van der Waals surface area (Å²) in [6.45, 7) is 8.16. The fourth-order valence-electron chi connectivity index (χ4n) is 2.57. The molecule has 1 aliphatic carbocycles. The smallest absolute Gasteiger partial charge is 0.191 e. The van der Waals surface area contributed by atoms with Crippen LogP contribution in [0.2, 0.25) is 0 Å². The SMILES string of the molecule is CCNC(=NCc1ccsc1)NC1CC(OC)C1(C)C.I. The molecule has 2 N–H and O–H groups in total. The van der Waals surface area contributed by atoms with Crippen LogP contribution in [0.25, 0.3) is 0 Å². The van der Waals surface area contributed by atoms with Gasteiger partial charge in [0.05, 0.1) is 12.6 Å². The van der Waals surface area contributed by atoms with Crippen LogP contribution >= 0.6 is 35.3 Å². The minimum absolute atomic E-state index is 0. The maximum Gasteiger partial charge on any atom is 0.191 e. The minimum Gasteiger partial charge on any atom is -0.381 e. The highest BCUT2D eigenvalue weighted by atomic mass is 127. The Morgan fingerprint density at radius 3 is 2.81 bits per heavy atom. The van der Waals surface area contributed by atoms with Crippen LogP contribution in [0.15, 0.2) is 21.8 Å². The first-order chi connectivity index (χ1) is 9.57. The lowest BCUT2D eigenvalue weighted by molar-refractivity contribution is -0.0922. The van der Waals surface area contributed by atoms with E-state index in [-0.39, 0.29) is 29.4 Å². The third kappa shape index (κ3) is 4.56. The molecule has 2 rings (SSSR count). The Bertz CT molecular complexity index is 448. The Hall–Kier alpha value is -0.340. The van der Waals surface area contributed by atoms with E-state index in [4.69, 9.17) is 4.74 Å². The molecule has 2 unspecified atom stereocenters. The molecule has 1 aromatic heterocycles. The Morgan fingerprint density at radius 1 is 1.52 bits per heavy atom. The van der Waals surface area contributed by atoms with Gasteiger partial charge in [-0.1, -0.05) is 13.8 Å². The first-order valence-corrected chi connectivity index (χ1v) is 8.11. The number of nitrogens with one attached hydrogen (secondary N) is 2. The third-order valence-corrected chi connectivity index (χ3v) is 4.85. The normalized spacial score (nSPS) is 23.9. The Morgan fingerprint density at radius 2 is 2.29 bits per heavy atom. The van der Waals surface area contributed by atoms with E-state index >= 15 is 0 Å². The standard InChI is InChI=1S/C15H25N3OS.HI/c1-5-16-14(17-9-11-6-7-20-10-11)18-12-8-13(19-4)15(12,2)3;/h6-7,10,12-13H,5,8-9H2,1-4H3,(H2,16,17,18);1H. The molecule has 1 aliphatic rings. The van der Waals surface area contributed by atoms with Gasteiger partial charge >= 0.3 is 0 Å². The number of thiophene rings is 1. The summed E-state index contributed by atoms with van der Waals surface area (Å²) in [6, 6.07) is 2.53. The van der Waals surface area contributed by atoms with Gasteiger partial charge in [0, 0.05) is 25.1 Å². The molecule has 6 heteroatoms. The van der Waals surface area contributed by atoms with E-state index in [9.17, 15) is 0 Å². The molecule has 0 radical (unpaired) electrons. The summed E-state index contributed by atoms with van der Waals surface area (Å²) >= 11 is 1.71. The first kappa shape index (κ1) is 18.7. The van der Waals surface area contributed by atoms with E-state index in [2.05, 4.69) is 53.2 Å². The zero-order valence-electron chi connectivity index (χ0n) is 13.2. The van der Waals surface area contributed by atoms with E-state index in [1.54, 1.807) is 18.4 Å². The molecule has 4 nitrogen and oxygen atoms in total. The number of methoxy groups -OCH3 is 1. The number of hydrogen-bond donors (Lipinski definition) is 2. The summed E-state index contributed by atoms with van der Waals surface area (Å²) in [4.78, 5) is 4.65. The van der Waals surface area contributed by atoms with Crippen molar-refractivity contribution in [2.75, 3.05) is 13.7 Å². The number of halogens is 1. The largest absolute Gasteiger partial charge is 0.381 e. The molecule has 0 saturated heterocycles. The summed E-state index contributed by atoms with van der Waals surface area (Å²) in [5.74, 6) is 0.895. The molecule has 0 bridgehead atoms. The van der Waals surface area contributed by atoms with Crippen molar-refractivity contribution < 1.29 is 4.74 Å². The predicted molar refractivity (Wildman–Crippen MR) is 101 cm³/mol. The lowest BCUT2D eigenvalue weighted by atomic mass is 9.64. The molecule has 0 aliphatic heterocycles. The number of nitrogens with zero attached hydrogens (tertiary/aromatic N) is 1. The van der Waals surface area contributed by atoms with Crippen molar-refractivity contribution in [3.05, 3.63) is 22.4 Å². The molecule has 21 heavy (non-hydrogen) atoms. The van der Waals surface area contributed by atoms with Crippen LogP contribution in [-0.2, 0) is 11.3 Å². The van der Waals surface area contributed by atoms with Crippen LogP contribution in [0.3, 0.4) is 0 Å². The molecule has 1 fully saturated rings. The van der Waals surface area contributed by atoms with Crippen molar-refractivity contribution in [2.24, 2.45) is 10.4 Å². The minimum atomic E-state index is 0. The average Bonchev–Trinajstić information content (AvgIpc) is 2.93. The summed E-state index contributed by atoms with van der Waals surface area (Å²) in [6.07, 6.45) is 1.37. The van der Waals surface area contributed by atoms with Crippen molar-refractivity contribution in [1.29, 1.82) is 0 Å². The number of ether oxygens (including phenoxy) is 1. The molecule has 0 amide bonds. The summed E-state index contributed by atoms with van der Waals surface area (Å²) < 4.78 is 5.49. The van der Waals surface area contributed by atoms with Gasteiger partial charge in [-0.05, 0) is 35.7 Å². The van der Waals surface area contributed by atoms with Gasteiger partial charge in [-0.2, -0.15) is 11.3 Å². The lowest BCUT2D eigenvalue weighted by Crippen LogP contribution is -2.63. The quantitative estimate of drug-likeness (QED) is 0.434. The molecule has 120 valence electrons. The lowest BCUT2D eigenvalue weighted by Gasteiger charge is -2.51. The van der Waals surface area contributed by atoms with Crippen molar-refractivity contribution in [2.45, 2.75) is 45.9 Å². The molecule has 2 atom stereocenters. The second-order valence-corrected chi connectivity index (χ2v) is 6.59. The van der Waals surface area contributed by atoms with Crippen molar-refractivity contribution in [3.8, 4) is 0 Å². The highest BCUT2D eigenvalue weighted by molar-refractivity contribution is 14.0. The van der Waals surface area contributed by atoms with Crippen LogP contribution in [-0.4, -0.2) is 31.8 Å². The molecule has 0 aromatic carbocycles. The Balaban J connectivity index is 0.00000220. The van der Waals surface area contributed by atoms with Crippen LogP contribution in [0.4, 0.5) is 0 Å². The van der Waals surface area contributed by atoms with Crippen LogP contribution in [0.1, 0.15) is 32.8 Å². The van der Waals surface area contributed by atoms with Gasteiger partial charge in [-0.3, -0.25) is 0 Å². The van der Waals surface area contributed by atoms with Gasteiger partial charge in [0.2, 0.25) is 0 Å². The monoisotopic (exact) mass is 423 g/mol. The molecular formula is C15H26IN3OS. The number of aliphatic imine (C=N–C) groups is 1. The Labute approximate surface area is 148 Å². The topological polar surface area (TPSA) is 45.7 Å². The van der Waals surface area contributed by atoms with Crippen LogP contribution in [0, 0.1) is 5.41 Å². The van der Waals surface area contributed by atoms with Gasteiger partial charge < -0.3 is 15.4 Å². The maximum atomic E-state index is 5.49. The van der Waals surface area contributed by atoms with E-state index in [0.29, 0.717) is 12.1 Å². The number of guanidine groups is 1. The molecule has 1 aromatic rings. The average molecular weight is 423 g/mol. The Kier molecular flexibility index (Phi) is 7.42. The van der Waals surface area contributed by atoms with E-state index in [1.807, 2.05) is 0 Å². The number of hydrogen-bond acceptors (Lipinski definition) is 3. The van der Waals surface area contributed by atoms with E-state index in [1.165, 1.54) is 5.56 Å². The van der Waals surface area contributed by atoms with Crippen molar-refractivity contribution in [3.63, 3.8) is 0 Å². The van der Waals surface area contributed by atoms with Crippen molar-refractivity contribution in [1.82, 2.24) is 10.6 Å². The summed E-state index contributed by atoms with van der Waals surface area (Å²) in [7, 11) is 1.79. The van der Waals surface area contributed by atoms with Gasteiger partial charge in [-0.25, -0.2) is 4.99 Å². The van der Waals surface area contributed by atoms with E-state index in [0.717, 1.165) is 25.5 Å². The van der Waals surface area contributed by atoms with Gasteiger partial charge in [0.1, 0.15) is 0 Å².